The zero-order valence-electron chi connectivity index (χ0n) is 15.1. The van der Waals surface area contributed by atoms with Crippen molar-refractivity contribution in [1.29, 1.82) is 0 Å². The Morgan fingerprint density at radius 3 is 2.54 bits per heavy atom. The van der Waals surface area contributed by atoms with E-state index in [1.165, 1.54) is 24.3 Å². The third-order valence-corrected chi connectivity index (χ3v) is 4.22. The van der Waals surface area contributed by atoms with Crippen molar-refractivity contribution in [1.82, 2.24) is 0 Å². The highest BCUT2D eigenvalue weighted by atomic mass is 16.4. The van der Waals surface area contributed by atoms with Gasteiger partial charge >= 0.3 is 5.63 Å². The van der Waals surface area contributed by atoms with Gasteiger partial charge in [0.05, 0.1) is 5.56 Å². The van der Waals surface area contributed by atoms with E-state index in [4.69, 9.17) is 4.42 Å². The molecular formula is C21H26O5. The standard InChI is InChI=1S/C21H26O5/c1-2-3-4-5-10-18-20(24)14-17(26-21(18)25)9-7-6-8-15-13-16(22)11-12-19(15)23/h6,8,11-14,22-24H,2-5,7,9-10H2,1H3/b8-6+. The van der Waals surface area contributed by atoms with Gasteiger partial charge in [0.15, 0.2) is 0 Å². The maximum atomic E-state index is 12.1. The van der Waals surface area contributed by atoms with Crippen molar-refractivity contribution in [2.24, 2.45) is 0 Å². The minimum absolute atomic E-state index is 0.00218. The Bertz CT molecular complexity index is 805. The van der Waals surface area contributed by atoms with Crippen LogP contribution >= 0.6 is 0 Å². The number of phenolic OH excluding ortho intramolecular Hbond substituents is 2. The van der Waals surface area contributed by atoms with Crippen molar-refractivity contribution in [3.63, 3.8) is 0 Å². The minimum Gasteiger partial charge on any atom is -0.508 e. The van der Waals surface area contributed by atoms with Gasteiger partial charge in [0.1, 0.15) is 23.0 Å². The molecule has 0 atom stereocenters. The zero-order chi connectivity index (χ0) is 18.9. The van der Waals surface area contributed by atoms with E-state index in [0.717, 1.165) is 25.7 Å². The molecule has 140 valence electrons. The topological polar surface area (TPSA) is 90.9 Å². The van der Waals surface area contributed by atoms with Crippen LogP contribution in [-0.2, 0) is 12.8 Å². The summed E-state index contributed by atoms with van der Waals surface area (Å²) in [5.41, 5.74) is 0.396. The summed E-state index contributed by atoms with van der Waals surface area (Å²) in [6.45, 7) is 2.12. The number of aryl methyl sites for hydroxylation is 1. The van der Waals surface area contributed by atoms with Gasteiger partial charge in [0, 0.05) is 18.1 Å². The SMILES string of the molecule is CCCCCCc1c(O)cc(CC/C=C/c2cc(O)ccc2O)oc1=O. The molecule has 0 saturated carbocycles. The Labute approximate surface area is 153 Å². The average molecular weight is 358 g/mol. The summed E-state index contributed by atoms with van der Waals surface area (Å²) in [6, 6.07) is 5.81. The van der Waals surface area contributed by atoms with Crippen molar-refractivity contribution in [3.8, 4) is 17.2 Å². The first-order valence-corrected chi connectivity index (χ1v) is 9.04. The van der Waals surface area contributed by atoms with Crippen molar-refractivity contribution in [3.05, 3.63) is 57.6 Å². The summed E-state index contributed by atoms with van der Waals surface area (Å²) in [5, 5.41) is 29.2. The van der Waals surface area contributed by atoms with Gasteiger partial charge in [0.25, 0.3) is 0 Å². The summed E-state index contributed by atoms with van der Waals surface area (Å²) < 4.78 is 5.30. The van der Waals surface area contributed by atoms with Crippen molar-refractivity contribution >= 4 is 6.08 Å². The highest BCUT2D eigenvalue weighted by Gasteiger charge is 2.10. The monoisotopic (exact) mass is 358 g/mol. The van der Waals surface area contributed by atoms with Gasteiger partial charge in [-0.2, -0.15) is 0 Å². The molecule has 0 aliphatic heterocycles. The Morgan fingerprint density at radius 1 is 1.00 bits per heavy atom. The lowest BCUT2D eigenvalue weighted by molar-refractivity contribution is 0.410. The molecule has 1 heterocycles. The fourth-order valence-electron chi connectivity index (χ4n) is 2.75. The molecule has 0 aliphatic rings. The average Bonchev–Trinajstić information content (AvgIpc) is 2.60. The van der Waals surface area contributed by atoms with Gasteiger partial charge in [-0.25, -0.2) is 4.79 Å². The van der Waals surface area contributed by atoms with Crippen molar-refractivity contribution < 1.29 is 19.7 Å². The highest BCUT2D eigenvalue weighted by Crippen LogP contribution is 2.24. The molecule has 0 aliphatic carbocycles. The second kappa shape index (κ2) is 9.70. The van der Waals surface area contributed by atoms with Crippen LogP contribution in [0, 0.1) is 0 Å². The third kappa shape index (κ3) is 5.69. The maximum Gasteiger partial charge on any atom is 0.342 e. The molecule has 0 spiro atoms. The van der Waals surface area contributed by atoms with Crippen molar-refractivity contribution in [2.75, 3.05) is 0 Å². The fourth-order valence-corrected chi connectivity index (χ4v) is 2.75. The van der Waals surface area contributed by atoms with E-state index in [2.05, 4.69) is 6.92 Å². The number of unbranched alkanes of at least 4 members (excludes halogenated alkanes) is 3. The zero-order valence-corrected chi connectivity index (χ0v) is 15.1. The van der Waals surface area contributed by atoms with Crippen LogP contribution < -0.4 is 5.63 Å². The highest BCUT2D eigenvalue weighted by molar-refractivity contribution is 5.58. The summed E-state index contributed by atoms with van der Waals surface area (Å²) in [6.07, 6.45) is 9.18. The number of hydrogen-bond acceptors (Lipinski definition) is 5. The second-order valence-corrected chi connectivity index (χ2v) is 6.36. The van der Waals surface area contributed by atoms with Crippen LogP contribution in [0.25, 0.3) is 6.08 Å². The predicted octanol–water partition coefficient (Wildman–Crippen LogP) is 4.53. The van der Waals surface area contributed by atoms with E-state index in [1.54, 1.807) is 6.08 Å². The number of phenols is 2. The number of aromatic hydroxyl groups is 3. The molecule has 2 aromatic rings. The number of hydrogen-bond donors (Lipinski definition) is 3. The van der Waals surface area contributed by atoms with E-state index < -0.39 is 5.63 Å². The Morgan fingerprint density at radius 2 is 1.81 bits per heavy atom. The first kappa shape index (κ1) is 19.6. The lowest BCUT2D eigenvalue weighted by Gasteiger charge is -2.05. The molecule has 3 N–H and O–H groups in total. The first-order chi connectivity index (χ1) is 12.5. The molecule has 5 nitrogen and oxygen atoms in total. The summed E-state index contributed by atoms with van der Waals surface area (Å²) in [5.74, 6) is 0.584. The number of allylic oxidation sites excluding steroid dienone is 1. The van der Waals surface area contributed by atoms with E-state index in [-0.39, 0.29) is 17.2 Å². The summed E-state index contributed by atoms with van der Waals surface area (Å²) in [4.78, 5) is 12.1. The van der Waals surface area contributed by atoms with Gasteiger partial charge < -0.3 is 19.7 Å². The number of benzene rings is 1. The van der Waals surface area contributed by atoms with Gasteiger partial charge in [-0.3, -0.25) is 0 Å². The third-order valence-electron chi connectivity index (χ3n) is 4.22. The van der Waals surface area contributed by atoms with E-state index in [0.29, 0.717) is 36.1 Å². The Hall–Kier alpha value is -2.69. The van der Waals surface area contributed by atoms with Crippen LogP contribution in [-0.4, -0.2) is 15.3 Å². The van der Waals surface area contributed by atoms with Gasteiger partial charge in [-0.05, 0) is 37.5 Å². The maximum absolute atomic E-state index is 12.1. The van der Waals surface area contributed by atoms with Gasteiger partial charge in [-0.15, -0.1) is 0 Å². The lowest BCUT2D eigenvalue weighted by atomic mass is 10.1. The van der Waals surface area contributed by atoms with E-state index >= 15 is 0 Å². The van der Waals surface area contributed by atoms with Gasteiger partial charge in [0.2, 0.25) is 0 Å². The molecule has 1 aromatic carbocycles. The van der Waals surface area contributed by atoms with Gasteiger partial charge in [-0.1, -0.05) is 38.3 Å². The predicted molar refractivity (Wildman–Crippen MR) is 102 cm³/mol. The Balaban J connectivity index is 1.94. The second-order valence-electron chi connectivity index (χ2n) is 6.36. The summed E-state index contributed by atoms with van der Waals surface area (Å²) in [7, 11) is 0. The Kier molecular flexibility index (Phi) is 7.33. The largest absolute Gasteiger partial charge is 0.508 e. The summed E-state index contributed by atoms with van der Waals surface area (Å²) >= 11 is 0. The first-order valence-electron chi connectivity index (χ1n) is 9.04. The molecule has 0 radical (unpaired) electrons. The van der Waals surface area contributed by atoms with E-state index in [9.17, 15) is 20.1 Å². The smallest absolute Gasteiger partial charge is 0.342 e. The molecule has 5 heteroatoms. The molecule has 26 heavy (non-hydrogen) atoms. The van der Waals surface area contributed by atoms with E-state index in [1.807, 2.05) is 6.08 Å². The number of rotatable bonds is 9. The van der Waals surface area contributed by atoms with Crippen LogP contribution in [0.3, 0.4) is 0 Å². The van der Waals surface area contributed by atoms with Crippen LogP contribution in [0.4, 0.5) is 0 Å². The molecular weight excluding hydrogens is 332 g/mol. The molecule has 0 unspecified atom stereocenters. The lowest BCUT2D eigenvalue weighted by Crippen LogP contribution is -2.09. The fraction of sp³-hybridized carbons (Fsp3) is 0.381. The quantitative estimate of drug-likeness (QED) is 0.453. The molecule has 0 amide bonds. The molecule has 1 aromatic heterocycles. The van der Waals surface area contributed by atoms with Crippen LogP contribution in [0.2, 0.25) is 0 Å². The molecule has 2 rings (SSSR count). The molecule has 0 bridgehead atoms. The minimum atomic E-state index is -0.467. The normalized spacial score (nSPS) is 11.3. The van der Waals surface area contributed by atoms with Crippen LogP contribution in [0.5, 0.6) is 17.2 Å². The molecule has 0 saturated heterocycles. The van der Waals surface area contributed by atoms with Crippen molar-refractivity contribution in [2.45, 2.75) is 51.9 Å². The van der Waals surface area contributed by atoms with Crippen LogP contribution in [0.1, 0.15) is 55.9 Å². The van der Waals surface area contributed by atoms with Crippen LogP contribution in [0.15, 0.2) is 39.6 Å². The molecule has 0 fully saturated rings.